The molecule has 0 bridgehead atoms. The van der Waals surface area contributed by atoms with Crippen LogP contribution in [0, 0.1) is 11.7 Å². The van der Waals surface area contributed by atoms with Crippen molar-refractivity contribution in [3.05, 3.63) is 71.3 Å². The van der Waals surface area contributed by atoms with Crippen molar-refractivity contribution in [3.63, 3.8) is 0 Å². The van der Waals surface area contributed by atoms with Crippen LogP contribution in [0.5, 0.6) is 17.2 Å². The second-order valence-corrected chi connectivity index (χ2v) is 11.6. The Kier molecular flexibility index (Phi) is 8.84. The van der Waals surface area contributed by atoms with E-state index in [2.05, 4.69) is 15.5 Å². The first kappa shape index (κ1) is 29.2. The molecule has 42 heavy (non-hydrogen) atoms. The molecule has 3 aromatic rings. The molecule has 5 rings (SSSR count). The average molecular weight is 581 g/mol. The molecule has 10 nitrogen and oxygen atoms in total. The Labute approximate surface area is 244 Å². The number of likely N-dealkylation sites (tertiary alicyclic amines) is 1. The first-order valence-corrected chi connectivity index (χ1v) is 14.2. The third-order valence-corrected chi connectivity index (χ3v) is 7.33. The standard InChI is InChI=1S/C31H37FN4O6/c1-31(2,3)42-30(38)36-11-9-25(23(17-36)18-39-24-5-7-27-28(14-24)41-19-40-27)21-4-6-26(32)22(12-21)13-29(37)33-10-8-20-15-34-35-16-20/h4-7,12,14-16,23,25H,8-11,13,17-19H2,1-3H3,(H,33,37)(H,34,35)/t23-,25+/m1/s1. The molecule has 1 saturated heterocycles. The van der Waals surface area contributed by atoms with E-state index in [0.717, 1.165) is 11.1 Å². The highest BCUT2D eigenvalue weighted by atomic mass is 19.1. The van der Waals surface area contributed by atoms with Crippen LogP contribution in [0.4, 0.5) is 9.18 Å². The van der Waals surface area contributed by atoms with Crippen LogP contribution in [0.15, 0.2) is 48.8 Å². The molecule has 224 valence electrons. The van der Waals surface area contributed by atoms with Crippen molar-refractivity contribution in [2.45, 2.75) is 51.6 Å². The van der Waals surface area contributed by atoms with E-state index in [4.69, 9.17) is 18.9 Å². The molecule has 2 amide bonds. The number of fused-ring (bicyclic) bond motifs is 1. The number of nitrogens with zero attached hydrogens (tertiary/aromatic N) is 2. The molecular weight excluding hydrogens is 543 g/mol. The van der Waals surface area contributed by atoms with Crippen molar-refractivity contribution < 1.29 is 32.9 Å². The third kappa shape index (κ3) is 7.51. The Hall–Kier alpha value is -4.28. The molecule has 0 unspecified atom stereocenters. The molecule has 1 aromatic heterocycles. The first-order chi connectivity index (χ1) is 20.1. The van der Waals surface area contributed by atoms with Crippen LogP contribution in [0.2, 0.25) is 0 Å². The molecule has 3 heterocycles. The molecule has 2 aromatic carbocycles. The number of aromatic nitrogens is 2. The average Bonchev–Trinajstić information content (AvgIpc) is 3.64. The van der Waals surface area contributed by atoms with Gasteiger partial charge in [-0.1, -0.05) is 12.1 Å². The highest BCUT2D eigenvalue weighted by molar-refractivity contribution is 5.78. The Morgan fingerprint density at radius 3 is 2.79 bits per heavy atom. The summed E-state index contributed by atoms with van der Waals surface area (Å²) in [5.74, 6) is 1.09. The van der Waals surface area contributed by atoms with Gasteiger partial charge in [0, 0.05) is 37.8 Å². The lowest BCUT2D eigenvalue weighted by molar-refractivity contribution is -0.120. The minimum atomic E-state index is -0.614. The van der Waals surface area contributed by atoms with Crippen LogP contribution in [-0.2, 0) is 22.4 Å². The number of hydrogen-bond acceptors (Lipinski definition) is 7. The summed E-state index contributed by atoms with van der Waals surface area (Å²) in [6.07, 6.45) is 4.30. The number of halogens is 1. The second-order valence-electron chi connectivity index (χ2n) is 11.6. The van der Waals surface area contributed by atoms with Crippen LogP contribution in [0.25, 0.3) is 0 Å². The zero-order chi connectivity index (χ0) is 29.7. The fraction of sp³-hybridized carbons (Fsp3) is 0.452. The molecule has 0 spiro atoms. The number of carbonyl (C=O) groups excluding carboxylic acids is 2. The minimum Gasteiger partial charge on any atom is -0.493 e. The van der Waals surface area contributed by atoms with Gasteiger partial charge in [-0.2, -0.15) is 5.10 Å². The lowest BCUT2D eigenvalue weighted by atomic mass is 9.80. The van der Waals surface area contributed by atoms with Crippen molar-refractivity contribution in [2.75, 3.05) is 33.0 Å². The van der Waals surface area contributed by atoms with Gasteiger partial charge in [0.1, 0.15) is 17.2 Å². The van der Waals surface area contributed by atoms with E-state index in [1.165, 1.54) is 6.07 Å². The fourth-order valence-electron chi connectivity index (χ4n) is 5.26. The SMILES string of the molecule is CC(C)(C)OC(=O)N1CC[C@@H](c2ccc(F)c(CC(=O)NCCc3cn[nH]c3)c2)[C@@H](COc2ccc3c(c2)OCO3)C1. The monoisotopic (exact) mass is 580 g/mol. The molecule has 0 aliphatic carbocycles. The predicted octanol–water partition coefficient (Wildman–Crippen LogP) is 4.60. The number of piperidine rings is 1. The number of aromatic amines is 1. The smallest absolute Gasteiger partial charge is 0.410 e. The quantitative estimate of drug-likeness (QED) is 0.380. The molecular formula is C31H37FN4O6. The van der Waals surface area contributed by atoms with Crippen LogP contribution in [0.3, 0.4) is 0 Å². The Bertz CT molecular complexity index is 1390. The largest absolute Gasteiger partial charge is 0.493 e. The number of amides is 2. The molecule has 2 aliphatic rings. The van der Waals surface area contributed by atoms with Gasteiger partial charge in [-0.05, 0) is 74.4 Å². The van der Waals surface area contributed by atoms with Gasteiger partial charge in [-0.25, -0.2) is 9.18 Å². The Balaban J connectivity index is 1.29. The summed E-state index contributed by atoms with van der Waals surface area (Å²) in [6, 6.07) is 10.4. The summed E-state index contributed by atoms with van der Waals surface area (Å²) >= 11 is 0. The Morgan fingerprint density at radius 2 is 2.00 bits per heavy atom. The van der Waals surface area contributed by atoms with Crippen molar-refractivity contribution in [2.24, 2.45) is 5.92 Å². The van der Waals surface area contributed by atoms with Crippen molar-refractivity contribution in [1.29, 1.82) is 0 Å². The maximum atomic E-state index is 14.8. The number of H-pyrrole nitrogens is 1. The fourth-order valence-corrected chi connectivity index (χ4v) is 5.26. The molecule has 0 saturated carbocycles. The number of ether oxygens (including phenoxy) is 4. The highest BCUT2D eigenvalue weighted by Gasteiger charge is 2.35. The number of rotatable bonds is 9. The second kappa shape index (κ2) is 12.7. The Morgan fingerprint density at radius 1 is 1.17 bits per heavy atom. The lowest BCUT2D eigenvalue weighted by Gasteiger charge is -2.39. The topological polar surface area (TPSA) is 115 Å². The van der Waals surface area contributed by atoms with E-state index in [0.29, 0.717) is 61.9 Å². The molecule has 11 heteroatoms. The number of benzene rings is 2. The van der Waals surface area contributed by atoms with Crippen molar-refractivity contribution in [1.82, 2.24) is 20.4 Å². The molecule has 2 aliphatic heterocycles. The van der Waals surface area contributed by atoms with Crippen LogP contribution >= 0.6 is 0 Å². The van der Waals surface area contributed by atoms with E-state index in [1.807, 2.05) is 26.8 Å². The van der Waals surface area contributed by atoms with Gasteiger partial charge in [0.15, 0.2) is 11.5 Å². The normalized spacial score (nSPS) is 18.0. The molecule has 2 atom stereocenters. The predicted molar refractivity (Wildman–Crippen MR) is 152 cm³/mol. The van der Waals surface area contributed by atoms with Gasteiger partial charge in [0.05, 0.1) is 19.2 Å². The van der Waals surface area contributed by atoms with Gasteiger partial charge in [0.25, 0.3) is 0 Å². The number of hydrogen-bond donors (Lipinski definition) is 2. The minimum absolute atomic E-state index is 0.0267. The first-order valence-electron chi connectivity index (χ1n) is 14.2. The summed E-state index contributed by atoms with van der Waals surface area (Å²) in [5.41, 5.74) is 1.60. The van der Waals surface area contributed by atoms with Crippen LogP contribution < -0.4 is 19.5 Å². The molecule has 2 N–H and O–H groups in total. The van der Waals surface area contributed by atoms with E-state index in [9.17, 15) is 14.0 Å². The third-order valence-electron chi connectivity index (χ3n) is 7.33. The van der Waals surface area contributed by atoms with Crippen molar-refractivity contribution >= 4 is 12.0 Å². The zero-order valence-corrected chi connectivity index (χ0v) is 24.2. The van der Waals surface area contributed by atoms with Crippen LogP contribution in [0.1, 0.15) is 49.8 Å². The van der Waals surface area contributed by atoms with Gasteiger partial charge in [-0.3, -0.25) is 9.89 Å². The summed E-state index contributed by atoms with van der Waals surface area (Å²) in [4.78, 5) is 27.2. The van der Waals surface area contributed by atoms with Gasteiger partial charge in [0.2, 0.25) is 12.7 Å². The van der Waals surface area contributed by atoms with E-state index in [-0.39, 0.29) is 37.0 Å². The molecule has 0 radical (unpaired) electrons. The maximum Gasteiger partial charge on any atom is 0.410 e. The summed E-state index contributed by atoms with van der Waals surface area (Å²) in [5, 5.41) is 9.49. The lowest BCUT2D eigenvalue weighted by Crippen LogP contribution is -2.46. The maximum absolute atomic E-state index is 14.8. The summed E-state index contributed by atoms with van der Waals surface area (Å²) in [6.45, 7) is 7.33. The molecule has 1 fully saturated rings. The van der Waals surface area contributed by atoms with Crippen LogP contribution in [-0.4, -0.2) is 65.7 Å². The van der Waals surface area contributed by atoms with E-state index < -0.39 is 11.4 Å². The summed E-state index contributed by atoms with van der Waals surface area (Å²) < 4.78 is 37.5. The number of nitrogens with one attached hydrogen (secondary N) is 2. The van der Waals surface area contributed by atoms with E-state index in [1.54, 1.807) is 41.6 Å². The van der Waals surface area contributed by atoms with Crippen molar-refractivity contribution in [3.8, 4) is 17.2 Å². The van der Waals surface area contributed by atoms with Gasteiger partial charge >= 0.3 is 6.09 Å². The van der Waals surface area contributed by atoms with Gasteiger partial charge in [-0.15, -0.1) is 0 Å². The van der Waals surface area contributed by atoms with E-state index >= 15 is 0 Å². The zero-order valence-electron chi connectivity index (χ0n) is 24.2. The highest BCUT2D eigenvalue weighted by Crippen LogP contribution is 2.38. The number of carbonyl (C=O) groups is 2. The van der Waals surface area contributed by atoms with Gasteiger partial charge < -0.3 is 29.2 Å². The summed E-state index contributed by atoms with van der Waals surface area (Å²) in [7, 11) is 0.